The summed E-state index contributed by atoms with van der Waals surface area (Å²) in [7, 11) is 0. The Morgan fingerprint density at radius 1 is 1.36 bits per heavy atom. The summed E-state index contributed by atoms with van der Waals surface area (Å²) in [6.45, 7) is 7.03. The molecular formula is C16H20ClN3O2. The van der Waals surface area contributed by atoms with Gasteiger partial charge in [0.1, 0.15) is 5.65 Å². The molecule has 1 saturated heterocycles. The number of carboxylic acids is 1. The highest BCUT2D eigenvalue weighted by atomic mass is 35.5. The first-order chi connectivity index (χ1) is 10.4. The van der Waals surface area contributed by atoms with Gasteiger partial charge in [0.2, 0.25) is 0 Å². The lowest BCUT2D eigenvalue weighted by Crippen LogP contribution is -2.38. The number of carboxylic acid groups (broad SMARTS) is 1. The molecule has 5 nitrogen and oxygen atoms in total. The number of pyridine rings is 1. The number of hydrogen-bond acceptors (Lipinski definition) is 3. The van der Waals surface area contributed by atoms with E-state index < -0.39 is 5.97 Å². The Morgan fingerprint density at radius 3 is 2.68 bits per heavy atom. The molecule has 1 fully saturated rings. The average molecular weight is 322 g/mol. The van der Waals surface area contributed by atoms with E-state index in [4.69, 9.17) is 11.6 Å². The fourth-order valence-corrected chi connectivity index (χ4v) is 3.68. The maximum Gasteiger partial charge on any atom is 0.356 e. The molecule has 0 radical (unpaired) electrons. The summed E-state index contributed by atoms with van der Waals surface area (Å²) in [6.07, 6.45) is 2.96. The second-order valence-electron chi connectivity index (χ2n) is 6.43. The zero-order valence-corrected chi connectivity index (χ0v) is 13.5. The topological polar surface area (TPSA) is 57.8 Å². The van der Waals surface area contributed by atoms with Crippen LogP contribution in [0.25, 0.3) is 5.65 Å². The third-order valence-electron chi connectivity index (χ3n) is 4.20. The van der Waals surface area contributed by atoms with Crippen molar-refractivity contribution in [2.45, 2.75) is 26.8 Å². The van der Waals surface area contributed by atoms with Crippen molar-refractivity contribution in [3.05, 3.63) is 34.7 Å². The van der Waals surface area contributed by atoms with Gasteiger partial charge in [0.05, 0.1) is 10.7 Å². The van der Waals surface area contributed by atoms with Crippen molar-refractivity contribution in [3.63, 3.8) is 0 Å². The molecule has 3 heterocycles. The van der Waals surface area contributed by atoms with Crippen LogP contribution < -0.4 is 0 Å². The van der Waals surface area contributed by atoms with Gasteiger partial charge in [0.15, 0.2) is 5.69 Å². The van der Waals surface area contributed by atoms with Gasteiger partial charge in [-0.3, -0.25) is 4.90 Å². The highest BCUT2D eigenvalue weighted by Gasteiger charge is 2.25. The number of piperidine rings is 1. The van der Waals surface area contributed by atoms with E-state index in [1.807, 2.05) is 0 Å². The molecule has 0 aromatic carbocycles. The molecule has 2 aromatic rings. The van der Waals surface area contributed by atoms with Gasteiger partial charge in [0.25, 0.3) is 0 Å². The number of likely N-dealkylation sites (tertiary alicyclic amines) is 1. The van der Waals surface area contributed by atoms with Crippen molar-refractivity contribution in [3.8, 4) is 0 Å². The first kappa shape index (κ1) is 15.3. The zero-order valence-electron chi connectivity index (χ0n) is 12.8. The van der Waals surface area contributed by atoms with Gasteiger partial charge in [0, 0.05) is 25.8 Å². The first-order valence-electron chi connectivity index (χ1n) is 7.56. The van der Waals surface area contributed by atoms with Crippen molar-refractivity contribution < 1.29 is 9.90 Å². The number of halogens is 1. The van der Waals surface area contributed by atoms with Crippen molar-refractivity contribution in [1.82, 2.24) is 14.3 Å². The van der Waals surface area contributed by atoms with E-state index in [-0.39, 0.29) is 5.69 Å². The second kappa shape index (κ2) is 5.89. The Morgan fingerprint density at radius 2 is 2.05 bits per heavy atom. The van der Waals surface area contributed by atoms with Crippen LogP contribution in [0.1, 0.15) is 36.5 Å². The summed E-state index contributed by atoms with van der Waals surface area (Å²) < 4.78 is 1.80. The number of nitrogens with zero attached hydrogens (tertiary/aromatic N) is 3. The highest BCUT2D eigenvalue weighted by Crippen LogP contribution is 2.24. The van der Waals surface area contributed by atoms with Gasteiger partial charge in [-0.15, -0.1) is 0 Å². The fourth-order valence-electron chi connectivity index (χ4n) is 3.52. The fraction of sp³-hybridized carbons (Fsp3) is 0.500. The first-order valence-corrected chi connectivity index (χ1v) is 7.94. The van der Waals surface area contributed by atoms with Crippen LogP contribution in [-0.4, -0.2) is 38.4 Å². The summed E-state index contributed by atoms with van der Waals surface area (Å²) in [5, 5.41) is 10.0. The lowest BCUT2D eigenvalue weighted by molar-refractivity contribution is 0.0686. The molecule has 0 saturated carbocycles. The lowest BCUT2D eigenvalue weighted by Gasteiger charge is -2.34. The van der Waals surface area contributed by atoms with Gasteiger partial charge >= 0.3 is 5.97 Å². The molecule has 0 bridgehead atoms. The van der Waals surface area contributed by atoms with E-state index in [1.165, 1.54) is 6.42 Å². The molecule has 1 aliphatic rings. The SMILES string of the molecule is CC1CC(C)CN(Cc2c(C(=O)O)nc3ccc(Cl)cn23)C1. The van der Waals surface area contributed by atoms with E-state index >= 15 is 0 Å². The van der Waals surface area contributed by atoms with E-state index in [9.17, 15) is 9.90 Å². The van der Waals surface area contributed by atoms with Crippen LogP contribution in [0.3, 0.4) is 0 Å². The van der Waals surface area contributed by atoms with Crippen LogP contribution in [0, 0.1) is 11.8 Å². The molecule has 3 rings (SSSR count). The van der Waals surface area contributed by atoms with Crippen molar-refractivity contribution in [2.24, 2.45) is 11.8 Å². The number of aromatic carboxylic acids is 1. The third-order valence-corrected chi connectivity index (χ3v) is 4.43. The maximum atomic E-state index is 11.5. The van der Waals surface area contributed by atoms with Gasteiger partial charge in [-0.25, -0.2) is 9.78 Å². The molecule has 6 heteroatoms. The molecule has 1 aliphatic heterocycles. The quantitative estimate of drug-likeness (QED) is 0.943. The van der Waals surface area contributed by atoms with Gasteiger partial charge < -0.3 is 9.51 Å². The van der Waals surface area contributed by atoms with E-state index in [2.05, 4.69) is 23.7 Å². The smallest absolute Gasteiger partial charge is 0.356 e. The van der Waals surface area contributed by atoms with E-state index in [0.29, 0.717) is 34.7 Å². The minimum Gasteiger partial charge on any atom is -0.476 e. The standard InChI is InChI=1S/C16H20ClN3O2/c1-10-5-11(2)7-19(6-10)9-13-15(16(21)22)18-14-4-3-12(17)8-20(13)14/h3-4,8,10-11H,5-7,9H2,1-2H3,(H,21,22). The summed E-state index contributed by atoms with van der Waals surface area (Å²) in [5.41, 5.74) is 1.44. The van der Waals surface area contributed by atoms with Crippen LogP contribution in [0.15, 0.2) is 18.3 Å². The van der Waals surface area contributed by atoms with Gasteiger partial charge in [-0.2, -0.15) is 0 Å². The summed E-state index contributed by atoms with van der Waals surface area (Å²) in [5.74, 6) is 0.257. The molecule has 0 spiro atoms. The van der Waals surface area contributed by atoms with Crippen LogP contribution in [-0.2, 0) is 6.54 Å². The van der Waals surface area contributed by atoms with Crippen LogP contribution in [0.4, 0.5) is 0 Å². The third kappa shape index (κ3) is 2.96. The monoisotopic (exact) mass is 321 g/mol. The van der Waals surface area contributed by atoms with Crippen molar-refractivity contribution >= 4 is 23.2 Å². The summed E-state index contributed by atoms with van der Waals surface area (Å²) >= 11 is 6.06. The summed E-state index contributed by atoms with van der Waals surface area (Å²) in [6, 6.07) is 3.48. The van der Waals surface area contributed by atoms with Gasteiger partial charge in [-0.05, 0) is 30.4 Å². The number of fused-ring (bicyclic) bond motifs is 1. The molecule has 2 unspecified atom stereocenters. The minimum atomic E-state index is -0.993. The van der Waals surface area contributed by atoms with E-state index in [0.717, 1.165) is 13.1 Å². The lowest BCUT2D eigenvalue weighted by atomic mass is 9.92. The Hall–Kier alpha value is -1.59. The Bertz CT molecular complexity index is 703. The predicted molar refractivity (Wildman–Crippen MR) is 85.4 cm³/mol. The largest absolute Gasteiger partial charge is 0.476 e. The molecule has 0 aliphatic carbocycles. The molecule has 2 atom stereocenters. The second-order valence-corrected chi connectivity index (χ2v) is 6.86. The molecule has 0 amide bonds. The highest BCUT2D eigenvalue weighted by molar-refractivity contribution is 6.30. The number of aromatic nitrogens is 2. The Balaban J connectivity index is 1.99. The van der Waals surface area contributed by atoms with E-state index in [1.54, 1.807) is 22.7 Å². The zero-order chi connectivity index (χ0) is 15.9. The molecule has 118 valence electrons. The Labute approximate surface area is 134 Å². The summed E-state index contributed by atoms with van der Waals surface area (Å²) in [4.78, 5) is 18.1. The molecule has 22 heavy (non-hydrogen) atoms. The van der Waals surface area contributed by atoms with Crippen LogP contribution in [0.2, 0.25) is 5.02 Å². The average Bonchev–Trinajstić information content (AvgIpc) is 2.76. The number of carbonyl (C=O) groups is 1. The van der Waals surface area contributed by atoms with Crippen molar-refractivity contribution in [2.75, 3.05) is 13.1 Å². The molecule has 1 N–H and O–H groups in total. The van der Waals surface area contributed by atoms with Crippen LogP contribution in [0.5, 0.6) is 0 Å². The van der Waals surface area contributed by atoms with Crippen molar-refractivity contribution in [1.29, 1.82) is 0 Å². The van der Waals surface area contributed by atoms with Gasteiger partial charge in [-0.1, -0.05) is 25.4 Å². The maximum absolute atomic E-state index is 11.5. The number of imidazole rings is 1. The van der Waals surface area contributed by atoms with Crippen LogP contribution >= 0.6 is 11.6 Å². The number of hydrogen-bond donors (Lipinski definition) is 1. The molecule has 2 aromatic heterocycles. The molecular weight excluding hydrogens is 302 g/mol. The Kier molecular flexibility index (Phi) is 4.10. The predicted octanol–water partition coefficient (Wildman–Crippen LogP) is 3.16. The minimum absolute atomic E-state index is 0.119. The number of rotatable bonds is 3. The normalized spacial score (nSPS) is 23.0.